The first kappa shape index (κ1) is 10.8. The summed E-state index contributed by atoms with van der Waals surface area (Å²) in [5.74, 6) is 1.20. The Kier molecular flexibility index (Phi) is 3.71. The van der Waals surface area contributed by atoms with Gasteiger partial charge in [-0.2, -0.15) is 0 Å². The minimum atomic E-state index is -0.0898. The summed E-state index contributed by atoms with van der Waals surface area (Å²) in [6.07, 6.45) is 0. The molecule has 0 bridgehead atoms. The quantitative estimate of drug-likeness (QED) is 0.767. The zero-order chi connectivity index (χ0) is 10.6. The molecule has 1 heterocycles. The summed E-state index contributed by atoms with van der Waals surface area (Å²) in [5, 5.41) is 5.67. The molecule has 1 aromatic heterocycles. The summed E-state index contributed by atoms with van der Waals surface area (Å²) in [6, 6.07) is 3.85. The molecule has 0 fully saturated rings. The van der Waals surface area contributed by atoms with Gasteiger partial charge >= 0.3 is 0 Å². The Labute approximate surface area is 83.7 Å². The summed E-state index contributed by atoms with van der Waals surface area (Å²) in [5.41, 5.74) is 0. The fourth-order valence-electron chi connectivity index (χ4n) is 0.980. The lowest BCUT2D eigenvalue weighted by Gasteiger charge is -2.06. The van der Waals surface area contributed by atoms with Gasteiger partial charge in [-0.3, -0.25) is 10.1 Å². The van der Waals surface area contributed by atoms with E-state index in [-0.39, 0.29) is 5.91 Å². The normalized spacial score (nSPS) is 10.6. The number of carbonyl (C=O) groups excluding carboxylic acids is 1. The van der Waals surface area contributed by atoms with Crippen molar-refractivity contribution in [2.24, 2.45) is 0 Å². The van der Waals surface area contributed by atoms with Gasteiger partial charge in [-0.15, -0.1) is 0 Å². The van der Waals surface area contributed by atoms with Gasteiger partial charge in [-0.25, -0.2) is 0 Å². The lowest BCUT2D eigenvalue weighted by Crippen LogP contribution is -2.32. The van der Waals surface area contributed by atoms with Crippen LogP contribution >= 0.6 is 0 Å². The molecule has 2 N–H and O–H groups in total. The number of rotatable bonds is 4. The molecule has 4 nitrogen and oxygen atoms in total. The fraction of sp³-hybridized carbons (Fsp3) is 0.500. The van der Waals surface area contributed by atoms with Crippen molar-refractivity contribution in [3.05, 3.63) is 17.9 Å². The topological polar surface area (TPSA) is 54.3 Å². The van der Waals surface area contributed by atoms with Crippen LogP contribution in [0.3, 0.4) is 0 Å². The van der Waals surface area contributed by atoms with Gasteiger partial charge in [0.15, 0.2) is 5.88 Å². The SMILES string of the molecule is Cc1ccc(NC(=O)CNC(C)C)o1. The first-order valence-corrected chi connectivity index (χ1v) is 4.67. The van der Waals surface area contributed by atoms with Crippen LogP contribution in [-0.2, 0) is 4.79 Å². The second kappa shape index (κ2) is 4.81. The van der Waals surface area contributed by atoms with Gasteiger partial charge in [0.2, 0.25) is 5.91 Å². The number of anilines is 1. The Bertz CT molecular complexity index is 305. The highest BCUT2D eigenvalue weighted by molar-refractivity contribution is 5.90. The summed E-state index contributed by atoms with van der Waals surface area (Å²) in [6.45, 7) is 6.12. The second-order valence-corrected chi connectivity index (χ2v) is 3.49. The molecule has 0 aliphatic heterocycles. The first-order chi connectivity index (χ1) is 6.58. The maximum absolute atomic E-state index is 11.3. The van der Waals surface area contributed by atoms with E-state index in [1.165, 1.54) is 0 Å². The van der Waals surface area contributed by atoms with Crippen molar-refractivity contribution >= 4 is 11.8 Å². The lowest BCUT2D eigenvalue weighted by molar-refractivity contribution is -0.115. The van der Waals surface area contributed by atoms with E-state index < -0.39 is 0 Å². The maximum Gasteiger partial charge on any atom is 0.240 e. The second-order valence-electron chi connectivity index (χ2n) is 3.49. The molecule has 0 aliphatic rings. The summed E-state index contributed by atoms with van der Waals surface area (Å²) >= 11 is 0. The molecule has 14 heavy (non-hydrogen) atoms. The third-order valence-electron chi connectivity index (χ3n) is 1.67. The van der Waals surface area contributed by atoms with E-state index in [0.29, 0.717) is 18.5 Å². The van der Waals surface area contributed by atoms with Gasteiger partial charge in [-0.1, -0.05) is 13.8 Å². The van der Waals surface area contributed by atoms with Gasteiger partial charge in [-0.05, 0) is 13.0 Å². The van der Waals surface area contributed by atoms with E-state index in [1.54, 1.807) is 6.07 Å². The van der Waals surface area contributed by atoms with Crippen molar-refractivity contribution in [1.82, 2.24) is 5.32 Å². The molecule has 78 valence electrons. The highest BCUT2D eigenvalue weighted by Gasteiger charge is 2.04. The molecular formula is C10H16N2O2. The van der Waals surface area contributed by atoms with Crippen LogP contribution in [0, 0.1) is 6.92 Å². The van der Waals surface area contributed by atoms with Crippen LogP contribution in [0.25, 0.3) is 0 Å². The van der Waals surface area contributed by atoms with Crippen molar-refractivity contribution < 1.29 is 9.21 Å². The van der Waals surface area contributed by atoms with E-state index >= 15 is 0 Å². The van der Waals surface area contributed by atoms with Crippen molar-refractivity contribution in [3.8, 4) is 0 Å². The third kappa shape index (κ3) is 3.62. The van der Waals surface area contributed by atoms with E-state index in [1.807, 2.05) is 26.8 Å². The van der Waals surface area contributed by atoms with Crippen LogP contribution < -0.4 is 10.6 Å². The molecule has 0 aliphatic carbocycles. The standard InChI is InChI=1S/C10H16N2O2/c1-7(2)11-6-9(13)12-10-5-4-8(3)14-10/h4-5,7,11H,6H2,1-3H3,(H,12,13). The Morgan fingerprint density at radius 1 is 1.50 bits per heavy atom. The fourth-order valence-corrected chi connectivity index (χ4v) is 0.980. The molecule has 0 atom stereocenters. The molecule has 1 amide bonds. The Balaban J connectivity index is 2.34. The van der Waals surface area contributed by atoms with Crippen LogP contribution in [0.2, 0.25) is 0 Å². The number of carbonyl (C=O) groups is 1. The molecule has 0 aromatic carbocycles. The molecular weight excluding hydrogens is 180 g/mol. The zero-order valence-corrected chi connectivity index (χ0v) is 8.76. The smallest absolute Gasteiger partial charge is 0.240 e. The van der Waals surface area contributed by atoms with Crippen LogP contribution in [0.1, 0.15) is 19.6 Å². The minimum Gasteiger partial charge on any atom is -0.446 e. The Hall–Kier alpha value is -1.29. The predicted molar refractivity (Wildman–Crippen MR) is 55.2 cm³/mol. The van der Waals surface area contributed by atoms with Crippen molar-refractivity contribution in [2.45, 2.75) is 26.8 Å². The molecule has 0 spiro atoms. The maximum atomic E-state index is 11.3. The van der Waals surface area contributed by atoms with Gasteiger partial charge in [0.25, 0.3) is 0 Å². The number of nitrogens with one attached hydrogen (secondary N) is 2. The monoisotopic (exact) mass is 196 g/mol. The average molecular weight is 196 g/mol. The Morgan fingerprint density at radius 3 is 2.71 bits per heavy atom. The Morgan fingerprint density at radius 2 is 2.21 bits per heavy atom. The number of aryl methyl sites for hydroxylation is 1. The zero-order valence-electron chi connectivity index (χ0n) is 8.76. The van der Waals surface area contributed by atoms with Crippen molar-refractivity contribution in [3.63, 3.8) is 0 Å². The van der Waals surface area contributed by atoms with Gasteiger partial charge in [0, 0.05) is 12.1 Å². The first-order valence-electron chi connectivity index (χ1n) is 4.67. The van der Waals surface area contributed by atoms with Gasteiger partial charge in [0.1, 0.15) is 5.76 Å². The van der Waals surface area contributed by atoms with Crippen LogP contribution in [0.4, 0.5) is 5.88 Å². The molecule has 4 heteroatoms. The predicted octanol–water partition coefficient (Wildman–Crippen LogP) is 1.52. The summed E-state index contributed by atoms with van der Waals surface area (Å²) in [4.78, 5) is 11.3. The lowest BCUT2D eigenvalue weighted by atomic mass is 10.4. The molecule has 1 rings (SSSR count). The van der Waals surface area contributed by atoms with Crippen LogP contribution in [-0.4, -0.2) is 18.5 Å². The van der Waals surface area contributed by atoms with E-state index in [9.17, 15) is 4.79 Å². The van der Waals surface area contributed by atoms with E-state index in [2.05, 4.69) is 10.6 Å². The van der Waals surface area contributed by atoms with Crippen LogP contribution in [0.15, 0.2) is 16.5 Å². The molecule has 0 unspecified atom stereocenters. The van der Waals surface area contributed by atoms with Crippen LogP contribution in [0.5, 0.6) is 0 Å². The number of hydrogen-bond acceptors (Lipinski definition) is 3. The largest absolute Gasteiger partial charge is 0.446 e. The highest BCUT2D eigenvalue weighted by atomic mass is 16.4. The third-order valence-corrected chi connectivity index (χ3v) is 1.67. The highest BCUT2D eigenvalue weighted by Crippen LogP contribution is 2.11. The molecule has 0 saturated carbocycles. The van der Waals surface area contributed by atoms with Crippen molar-refractivity contribution in [1.29, 1.82) is 0 Å². The number of hydrogen-bond donors (Lipinski definition) is 2. The summed E-state index contributed by atoms with van der Waals surface area (Å²) in [7, 11) is 0. The van der Waals surface area contributed by atoms with Gasteiger partial charge < -0.3 is 9.73 Å². The van der Waals surface area contributed by atoms with E-state index in [4.69, 9.17) is 4.42 Å². The van der Waals surface area contributed by atoms with Gasteiger partial charge in [0.05, 0.1) is 6.54 Å². The number of furan rings is 1. The van der Waals surface area contributed by atoms with Crippen molar-refractivity contribution in [2.75, 3.05) is 11.9 Å². The molecule has 0 saturated heterocycles. The average Bonchev–Trinajstić information content (AvgIpc) is 2.48. The molecule has 1 aromatic rings. The summed E-state index contributed by atoms with van der Waals surface area (Å²) < 4.78 is 5.20. The molecule has 0 radical (unpaired) electrons. The number of amides is 1. The minimum absolute atomic E-state index is 0.0898. The van der Waals surface area contributed by atoms with E-state index in [0.717, 1.165) is 5.76 Å².